The van der Waals surface area contributed by atoms with Gasteiger partial charge in [-0.2, -0.15) is 5.26 Å². The number of pyridine rings is 1. The molecule has 1 aromatic heterocycles. The number of ether oxygens (including phenoxy) is 1. The molecule has 0 atom stereocenters. The Labute approximate surface area is 166 Å². The average molecular weight is 377 g/mol. The van der Waals surface area contributed by atoms with Crippen LogP contribution in [0.5, 0.6) is 5.75 Å². The second kappa shape index (κ2) is 6.94. The molecule has 0 bridgehead atoms. The lowest BCUT2D eigenvalue weighted by Crippen LogP contribution is -2.74. The highest BCUT2D eigenvalue weighted by Crippen LogP contribution is 2.55. The van der Waals surface area contributed by atoms with Crippen molar-refractivity contribution in [3.63, 3.8) is 0 Å². The Morgan fingerprint density at radius 3 is 2.36 bits per heavy atom. The molecule has 2 aromatic rings. The second-order valence-corrected chi connectivity index (χ2v) is 8.86. The second-order valence-electron chi connectivity index (χ2n) is 8.86. The minimum atomic E-state index is -0.258. The maximum absolute atomic E-state index is 12.7. The smallest absolute Gasteiger partial charge is 0.270 e. The number of nitrogens with one attached hydrogen (secondary N) is 1. The van der Waals surface area contributed by atoms with Gasteiger partial charge in [0.05, 0.1) is 11.6 Å². The van der Waals surface area contributed by atoms with Gasteiger partial charge in [-0.15, -0.1) is 0 Å². The fourth-order valence-electron chi connectivity index (χ4n) is 4.58. The molecule has 1 heterocycles. The molecule has 0 aliphatic heterocycles. The largest absolute Gasteiger partial charge is 0.489 e. The number of amides is 1. The summed E-state index contributed by atoms with van der Waals surface area (Å²) in [5, 5.41) is 12.3. The maximum Gasteiger partial charge on any atom is 0.270 e. The highest BCUT2D eigenvalue weighted by atomic mass is 16.5. The maximum atomic E-state index is 12.7. The number of aryl methyl sites for hydroxylation is 2. The Hall–Kier alpha value is -2.87. The van der Waals surface area contributed by atoms with Gasteiger partial charge >= 0.3 is 0 Å². The molecule has 1 saturated carbocycles. The standard InChI is InChI=1S/C23H27N3O2/c1-14-7-10-18(25-13-14)19(27)26-20-22(3,4)21(23(20,5)6)28-17-9-8-16(12-24)15(2)11-17/h7-11,13,20-21H,1-6H3,(H,26,27). The molecule has 1 aromatic carbocycles. The van der Waals surface area contributed by atoms with Crippen molar-refractivity contribution in [3.8, 4) is 11.8 Å². The summed E-state index contributed by atoms with van der Waals surface area (Å²) in [6.45, 7) is 12.3. The van der Waals surface area contributed by atoms with Crippen LogP contribution in [-0.4, -0.2) is 23.0 Å². The van der Waals surface area contributed by atoms with E-state index in [9.17, 15) is 4.79 Å². The fraction of sp³-hybridized carbons (Fsp3) is 0.435. The van der Waals surface area contributed by atoms with Gasteiger partial charge in [0.2, 0.25) is 0 Å². The van der Waals surface area contributed by atoms with Crippen molar-refractivity contribution in [2.45, 2.75) is 53.7 Å². The zero-order chi connectivity index (χ0) is 20.7. The molecule has 146 valence electrons. The third-order valence-electron chi connectivity index (χ3n) is 5.83. The van der Waals surface area contributed by atoms with Gasteiger partial charge in [-0.05, 0) is 49.2 Å². The van der Waals surface area contributed by atoms with Crippen LogP contribution in [0.4, 0.5) is 0 Å². The van der Waals surface area contributed by atoms with E-state index < -0.39 is 0 Å². The number of hydrogen-bond acceptors (Lipinski definition) is 4. The first-order chi connectivity index (χ1) is 13.1. The molecular formula is C23H27N3O2. The van der Waals surface area contributed by atoms with Crippen molar-refractivity contribution in [1.82, 2.24) is 10.3 Å². The van der Waals surface area contributed by atoms with Crippen molar-refractivity contribution in [1.29, 1.82) is 5.26 Å². The lowest BCUT2D eigenvalue weighted by atomic mass is 9.49. The SMILES string of the molecule is Cc1ccc(C(=O)NC2C(C)(C)C(Oc3ccc(C#N)c(C)c3)C2(C)C)nc1. The Balaban J connectivity index is 1.76. The number of carbonyl (C=O) groups excluding carboxylic acids is 1. The summed E-state index contributed by atoms with van der Waals surface area (Å²) < 4.78 is 6.32. The van der Waals surface area contributed by atoms with Gasteiger partial charge in [-0.1, -0.05) is 33.8 Å². The van der Waals surface area contributed by atoms with Gasteiger partial charge < -0.3 is 10.1 Å². The quantitative estimate of drug-likeness (QED) is 0.867. The summed E-state index contributed by atoms with van der Waals surface area (Å²) in [5.41, 5.74) is 2.47. The third kappa shape index (κ3) is 3.35. The zero-order valence-corrected chi connectivity index (χ0v) is 17.3. The Bertz CT molecular complexity index is 923. The lowest BCUT2D eigenvalue weighted by Gasteiger charge is -2.63. The first-order valence-corrected chi connectivity index (χ1v) is 9.48. The van der Waals surface area contributed by atoms with E-state index in [-0.39, 0.29) is 28.9 Å². The van der Waals surface area contributed by atoms with E-state index in [1.54, 1.807) is 18.3 Å². The molecule has 1 aliphatic rings. The molecule has 1 N–H and O–H groups in total. The highest BCUT2D eigenvalue weighted by Gasteiger charge is 2.64. The number of carbonyl (C=O) groups is 1. The first-order valence-electron chi connectivity index (χ1n) is 9.48. The number of rotatable bonds is 4. The van der Waals surface area contributed by atoms with Gasteiger partial charge in [-0.25, -0.2) is 0 Å². The number of benzene rings is 1. The van der Waals surface area contributed by atoms with E-state index in [2.05, 4.69) is 44.1 Å². The molecule has 0 saturated heterocycles. The molecule has 0 radical (unpaired) electrons. The van der Waals surface area contributed by atoms with Crippen molar-refractivity contribution in [2.24, 2.45) is 10.8 Å². The first kappa shape index (κ1) is 19.9. The number of nitriles is 1. The monoisotopic (exact) mass is 377 g/mol. The predicted molar refractivity (Wildman–Crippen MR) is 108 cm³/mol. The van der Waals surface area contributed by atoms with E-state index in [4.69, 9.17) is 10.00 Å². The molecule has 3 rings (SSSR count). The Kier molecular flexibility index (Phi) is 4.93. The van der Waals surface area contributed by atoms with Gasteiger partial charge in [-0.3, -0.25) is 9.78 Å². The van der Waals surface area contributed by atoms with Crippen molar-refractivity contribution in [2.75, 3.05) is 0 Å². The minimum absolute atomic E-state index is 0.0555. The summed E-state index contributed by atoms with van der Waals surface area (Å²) in [5.74, 6) is 0.575. The summed E-state index contributed by atoms with van der Waals surface area (Å²) >= 11 is 0. The summed E-state index contributed by atoms with van der Waals surface area (Å²) in [4.78, 5) is 16.9. The van der Waals surface area contributed by atoms with Crippen LogP contribution in [0.1, 0.15) is 54.9 Å². The van der Waals surface area contributed by atoms with Crippen LogP contribution in [0.15, 0.2) is 36.5 Å². The molecular weight excluding hydrogens is 350 g/mol. The van der Waals surface area contributed by atoms with Crippen LogP contribution >= 0.6 is 0 Å². The van der Waals surface area contributed by atoms with Crippen molar-refractivity contribution >= 4 is 5.91 Å². The Morgan fingerprint density at radius 2 is 1.82 bits per heavy atom. The number of nitrogens with zero attached hydrogens (tertiary/aromatic N) is 2. The van der Waals surface area contributed by atoms with E-state index in [0.717, 1.165) is 16.9 Å². The lowest BCUT2D eigenvalue weighted by molar-refractivity contribution is -0.164. The Morgan fingerprint density at radius 1 is 1.14 bits per heavy atom. The summed E-state index contributed by atoms with van der Waals surface area (Å²) in [6.07, 6.45) is 1.62. The topological polar surface area (TPSA) is 75.0 Å². The average Bonchev–Trinajstić information content (AvgIpc) is 2.64. The number of aromatic nitrogens is 1. The van der Waals surface area contributed by atoms with Gasteiger partial charge in [0.15, 0.2) is 0 Å². The van der Waals surface area contributed by atoms with Crippen LogP contribution in [-0.2, 0) is 0 Å². The van der Waals surface area contributed by atoms with Gasteiger partial charge in [0, 0.05) is 23.1 Å². The van der Waals surface area contributed by atoms with E-state index in [1.807, 2.05) is 32.0 Å². The molecule has 0 spiro atoms. The molecule has 1 fully saturated rings. The van der Waals surface area contributed by atoms with Gasteiger partial charge in [0.1, 0.15) is 17.5 Å². The molecule has 1 amide bonds. The number of hydrogen-bond donors (Lipinski definition) is 1. The third-order valence-corrected chi connectivity index (χ3v) is 5.83. The van der Waals surface area contributed by atoms with E-state index in [1.165, 1.54) is 0 Å². The van der Waals surface area contributed by atoms with Crippen LogP contribution in [0.3, 0.4) is 0 Å². The van der Waals surface area contributed by atoms with Crippen LogP contribution in [0.2, 0.25) is 0 Å². The molecule has 28 heavy (non-hydrogen) atoms. The van der Waals surface area contributed by atoms with Crippen LogP contribution in [0, 0.1) is 36.0 Å². The molecule has 5 nitrogen and oxygen atoms in total. The van der Waals surface area contributed by atoms with Crippen LogP contribution < -0.4 is 10.1 Å². The predicted octanol–water partition coefficient (Wildman–Crippen LogP) is 4.18. The molecule has 0 unspecified atom stereocenters. The normalized spacial score (nSPS) is 21.9. The minimum Gasteiger partial charge on any atom is -0.489 e. The van der Waals surface area contributed by atoms with Gasteiger partial charge in [0.25, 0.3) is 5.91 Å². The van der Waals surface area contributed by atoms with E-state index >= 15 is 0 Å². The molecule has 5 heteroatoms. The van der Waals surface area contributed by atoms with E-state index in [0.29, 0.717) is 11.3 Å². The summed E-state index contributed by atoms with van der Waals surface area (Å²) in [7, 11) is 0. The fourth-order valence-corrected chi connectivity index (χ4v) is 4.58. The highest BCUT2D eigenvalue weighted by molar-refractivity contribution is 5.92. The van der Waals surface area contributed by atoms with Crippen molar-refractivity contribution < 1.29 is 9.53 Å². The zero-order valence-electron chi connectivity index (χ0n) is 17.3. The van der Waals surface area contributed by atoms with Crippen molar-refractivity contribution in [3.05, 3.63) is 58.9 Å². The summed E-state index contributed by atoms with van der Waals surface area (Å²) in [6, 6.07) is 11.3. The van der Waals surface area contributed by atoms with Crippen LogP contribution in [0.25, 0.3) is 0 Å². The molecule has 1 aliphatic carbocycles.